The van der Waals surface area contributed by atoms with Crippen molar-refractivity contribution in [1.29, 1.82) is 0 Å². The average molecular weight is 1780 g/mol. The van der Waals surface area contributed by atoms with Gasteiger partial charge in [0.05, 0.1) is 59.0 Å². The van der Waals surface area contributed by atoms with E-state index in [0.717, 1.165) is 6.42 Å². The van der Waals surface area contributed by atoms with Crippen molar-refractivity contribution in [3.05, 3.63) is 0 Å². The van der Waals surface area contributed by atoms with Crippen molar-refractivity contribution in [2.24, 2.45) is 92.7 Å². The molecule has 0 aromatic heterocycles. The maximum Gasteiger partial charge on any atom is 0.410 e. The molecule has 18 heterocycles. The van der Waals surface area contributed by atoms with Gasteiger partial charge in [-0.25, -0.2) is 0 Å². The first-order valence-electron chi connectivity index (χ1n) is 39.1. The molecule has 6 saturated carbocycles. The second-order valence-electron chi connectivity index (χ2n) is 39.3. The van der Waals surface area contributed by atoms with Crippen LogP contribution in [0.15, 0.2) is 0 Å². The van der Waals surface area contributed by atoms with Gasteiger partial charge in [-0.15, -0.1) is 0 Å². The molecule has 40 unspecified atom stereocenters. The number of ether oxygens (including phenoxy) is 5. The third-order valence-electron chi connectivity index (χ3n) is 34.4. The second kappa shape index (κ2) is 24.4. The third-order valence-corrected chi connectivity index (χ3v) is 48.8. The summed E-state index contributed by atoms with van der Waals surface area (Å²) in [7, 11) is -28.6. The van der Waals surface area contributed by atoms with E-state index in [4.69, 9.17) is 57.1 Å². The molecule has 24 aliphatic rings. The van der Waals surface area contributed by atoms with Gasteiger partial charge in [0.2, 0.25) is 0 Å². The maximum absolute atomic E-state index is 13.1. The Balaban J connectivity index is 0.0000000937. The highest BCUT2D eigenvalue weighted by atomic mass is 32.3. The smallest absolute Gasteiger partial charge is 0.370 e. The molecule has 18 saturated heterocycles. The summed E-state index contributed by atoms with van der Waals surface area (Å²) in [4.78, 5) is 0. The Morgan fingerprint density at radius 1 is 0.398 bits per heavy atom. The molecule has 0 aromatic rings. The highest BCUT2D eigenvalue weighted by Crippen LogP contribution is 2.82. The third kappa shape index (κ3) is 10.7. The van der Waals surface area contributed by atoms with E-state index < -0.39 is 177 Å². The molecule has 0 spiro atoms. The summed E-state index contributed by atoms with van der Waals surface area (Å²) in [5.74, 6) is -3.03. The van der Waals surface area contributed by atoms with E-state index in [0.29, 0.717) is 50.9 Å². The Morgan fingerprint density at radius 3 is 1.51 bits per heavy atom. The molecule has 40 atom stereocenters. The zero-order valence-corrected chi connectivity index (χ0v) is 71.8. The van der Waals surface area contributed by atoms with Gasteiger partial charge in [0, 0.05) is 51.8 Å². The Labute approximate surface area is 657 Å². The number of rotatable bonds is 0. The van der Waals surface area contributed by atoms with Gasteiger partial charge in [-0.1, -0.05) is 90.0 Å². The van der Waals surface area contributed by atoms with Crippen LogP contribution < -0.4 is 0 Å². The Morgan fingerprint density at radius 2 is 0.991 bits per heavy atom. The molecular weight excluding hydrogens is 1680 g/mol. The van der Waals surface area contributed by atoms with Crippen LogP contribution in [0.1, 0.15) is 175 Å². The van der Waals surface area contributed by atoms with Crippen LogP contribution in [-0.4, -0.2) is 229 Å². The average Bonchev–Trinajstić information content (AvgIpc) is 1.45. The lowest BCUT2D eigenvalue weighted by molar-refractivity contribution is -0.190. The minimum atomic E-state index is -4.72. The standard InChI is InChI=1S/C13H22O3S.2C9H11F3O3S.4C8H12O4S.C7H10O4S/c1-8-11(4)7-9-12(8,5)13(6,10(11,2)3)16-17(9,14)15;1-4-5-2-6-7(4)15-16(13,14)8(6,3-5)9(10,11)12;1-3-4-2-5-7(3)15-16(13,14)8(5)6(4)9(10,11)12;1-8(2)5-3-4-6(11-5)7(8)12-13(4,9)10;1-4-6-7-5(13(9,10)12-6)3-8(4,2)11-7;1-4-5-3-6-7(11-5)8(4,2)12-13(6,9)10;1-4-5-3-6-8(2,11-5)7(4)12-13(6,9)10;1-3-4-2-5-7(10-4)6(3)11-12(5,8)9/h8-9H,7H2,1-6H3;4-7H,2-3H2,1H3;3-8H,2H2,1H3;4*4-7H,3H2,1-2H3;3-7H,2H2,1H3. The molecule has 0 aromatic carbocycles. The molecular formula is C70H102F6O29S8. The molecule has 0 amide bonds. The molecule has 29 nitrogen and oxygen atoms in total. The second-order valence-corrected chi connectivity index (χ2v) is 53.4. The molecule has 646 valence electrons. The van der Waals surface area contributed by atoms with Crippen LogP contribution in [0, 0.1) is 92.7 Å². The van der Waals surface area contributed by atoms with Crippen LogP contribution in [0.3, 0.4) is 0 Å². The maximum atomic E-state index is 13.1. The minimum Gasteiger partial charge on any atom is -0.370 e. The summed E-state index contributed by atoms with van der Waals surface area (Å²) in [5.41, 5.74) is -2.46. The predicted octanol–water partition coefficient (Wildman–Crippen LogP) is 6.82. The predicted molar refractivity (Wildman–Crippen MR) is 380 cm³/mol. The van der Waals surface area contributed by atoms with Crippen LogP contribution in [0.2, 0.25) is 0 Å². The number of halogens is 6. The van der Waals surface area contributed by atoms with Gasteiger partial charge in [-0.05, 0) is 120 Å². The Hall–Kier alpha value is -1.34. The quantitative estimate of drug-likeness (QED) is 0.177. The van der Waals surface area contributed by atoms with Gasteiger partial charge in [0.15, 0.2) is 4.75 Å². The summed E-state index contributed by atoms with van der Waals surface area (Å²) in [6.45, 7) is 34.1. The van der Waals surface area contributed by atoms with Crippen molar-refractivity contribution in [1.82, 2.24) is 0 Å². The lowest BCUT2D eigenvalue weighted by atomic mass is 9.57. The SMILES string of the molecule is CC1(C)C2CC3C(O2)C1OS3(=O)=O.CC1C2(C)CC3C1(C)C(C)(OS3(=O)=O)C2(C)C.CC1C2CC3C(C)(O2)C1OS3(=O)=O.CC1C2CC3C(O2)C1(C)OS3(=O)=O.CC1C2CC3C(O2)C1OS3(=O)=O.CC1C2CC3C1OS(=O)(=O)C3(C(F)(F)F)C2.CC1C2CC3C1OS(=O)(=O)C3C2C(F)(F)F.CC1C2OS(=O)(=O)C3CC1(C)OC23. The van der Waals surface area contributed by atoms with Gasteiger partial charge < -0.3 is 23.7 Å². The largest absolute Gasteiger partial charge is 0.410 e. The molecule has 24 rings (SSSR count). The molecule has 18 aliphatic heterocycles. The molecule has 43 heteroatoms. The molecule has 16 bridgehead atoms. The van der Waals surface area contributed by atoms with Gasteiger partial charge >= 0.3 is 12.4 Å². The molecule has 6 aliphatic carbocycles. The fourth-order valence-electron chi connectivity index (χ4n) is 26.7. The lowest BCUT2D eigenvalue weighted by Crippen LogP contribution is -2.54. The van der Waals surface area contributed by atoms with Crippen LogP contribution in [-0.2, 0) is 138 Å². The highest BCUT2D eigenvalue weighted by molar-refractivity contribution is 7.89. The fourth-order valence-corrected chi connectivity index (χ4v) is 42.6. The van der Waals surface area contributed by atoms with E-state index in [1.165, 1.54) is 0 Å². The number of hydrogen-bond donors (Lipinski definition) is 0. The van der Waals surface area contributed by atoms with Crippen molar-refractivity contribution in [2.75, 3.05) is 0 Å². The Kier molecular flexibility index (Phi) is 18.1. The normalized spacial score (nSPS) is 58.3. The van der Waals surface area contributed by atoms with E-state index in [1.807, 2.05) is 69.2 Å². The van der Waals surface area contributed by atoms with Crippen LogP contribution in [0.25, 0.3) is 0 Å². The van der Waals surface area contributed by atoms with Gasteiger partial charge in [-0.3, -0.25) is 33.5 Å². The summed E-state index contributed by atoms with van der Waals surface area (Å²) < 4.78 is 329. The molecule has 24 fully saturated rings. The summed E-state index contributed by atoms with van der Waals surface area (Å²) in [5, 5.41) is -3.66. The van der Waals surface area contributed by atoms with Gasteiger partial charge in [0.1, 0.15) is 91.5 Å². The number of hydrogen-bond acceptors (Lipinski definition) is 29. The van der Waals surface area contributed by atoms with Crippen molar-refractivity contribution in [3.63, 3.8) is 0 Å². The van der Waals surface area contributed by atoms with E-state index in [9.17, 15) is 93.7 Å². The minimum absolute atomic E-state index is 0.0464. The first kappa shape index (κ1) is 83.9. The van der Waals surface area contributed by atoms with Crippen molar-refractivity contribution < 1.29 is 151 Å². The van der Waals surface area contributed by atoms with Gasteiger partial charge in [-0.2, -0.15) is 93.7 Å². The monoisotopic (exact) mass is 1780 g/mol. The zero-order valence-electron chi connectivity index (χ0n) is 65.3. The van der Waals surface area contributed by atoms with E-state index in [-0.39, 0.29) is 159 Å². The van der Waals surface area contributed by atoms with Crippen LogP contribution >= 0.6 is 0 Å². The van der Waals surface area contributed by atoms with E-state index >= 15 is 0 Å². The number of fused-ring (bicyclic) bond motifs is 8. The number of alkyl halides is 6. The van der Waals surface area contributed by atoms with Crippen LogP contribution in [0.4, 0.5) is 26.3 Å². The summed E-state index contributed by atoms with van der Waals surface area (Å²) in [6, 6.07) is 0. The first-order valence-corrected chi connectivity index (χ1v) is 50.8. The van der Waals surface area contributed by atoms with Crippen LogP contribution in [0.5, 0.6) is 0 Å². The lowest BCUT2D eigenvalue weighted by Gasteiger charge is -2.49. The highest BCUT2D eigenvalue weighted by Gasteiger charge is 2.87. The first-order chi connectivity index (χ1) is 51.3. The van der Waals surface area contributed by atoms with Gasteiger partial charge in [0.25, 0.3) is 80.9 Å². The molecule has 113 heavy (non-hydrogen) atoms. The summed E-state index contributed by atoms with van der Waals surface area (Å²) >= 11 is 0. The van der Waals surface area contributed by atoms with E-state index in [2.05, 4.69) is 34.6 Å². The topological polar surface area (TPSA) is 393 Å². The van der Waals surface area contributed by atoms with E-state index in [1.54, 1.807) is 13.8 Å². The summed E-state index contributed by atoms with van der Waals surface area (Å²) in [6.07, 6.45) is -7.69. The Bertz CT molecular complexity index is 4970. The van der Waals surface area contributed by atoms with Crippen molar-refractivity contribution >= 4 is 80.9 Å². The molecule has 0 N–H and O–H groups in total. The van der Waals surface area contributed by atoms with Crippen molar-refractivity contribution in [3.8, 4) is 0 Å². The fraction of sp³-hybridized carbons (Fsp3) is 1.00. The van der Waals surface area contributed by atoms with Crippen molar-refractivity contribution in [2.45, 2.75) is 337 Å². The molecule has 0 radical (unpaired) electrons. The zero-order chi connectivity index (χ0) is 83.1.